The van der Waals surface area contributed by atoms with Crippen LogP contribution in [-0.4, -0.2) is 46.3 Å². The molecule has 0 spiro atoms. The molecule has 0 atom stereocenters. The Morgan fingerprint density at radius 2 is 1.92 bits per heavy atom. The van der Waals surface area contributed by atoms with Crippen molar-refractivity contribution in [3.05, 3.63) is 35.4 Å². The van der Waals surface area contributed by atoms with Crippen molar-refractivity contribution < 1.29 is 17.2 Å². The Morgan fingerprint density at radius 3 is 2.50 bits per heavy atom. The molecule has 0 bridgehead atoms. The fraction of sp³-hybridized carbons (Fsp3) is 0.533. The summed E-state index contributed by atoms with van der Waals surface area (Å²) in [5.41, 5.74) is -0.433. The van der Waals surface area contributed by atoms with Crippen molar-refractivity contribution in [2.45, 2.75) is 25.8 Å². The number of aliphatic imine (C=N–C) groups is 1. The number of hydrogen-bond donors (Lipinski definition) is 3. The molecule has 0 aliphatic heterocycles. The summed E-state index contributed by atoms with van der Waals surface area (Å²) < 4.78 is 51.7. The van der Waals surface area contributed by atoms with Crippen LogP contribution in [0.15, 0.2) is 23.2 Å². The molecule has 0 fully saturated rings. The average molecular weight is 362 g/mol. The Hall–Kier alpha value is -1.74. The van der Waals surface area contributed by atoms with Crippen LogP contribution < -0.4 is 15.4 Å². The van der Waals surface area contributed by atoms with Gasteiger partial charge in [-0.2, -0.15) is 0 Å². The van der Waals surface area contributed by atoms with E-state index in [1.54, 1.807) is 20.9 Å². The molecule has 6 nitrogen and oxygen atoms in total. The quantitative estimate of drug-likeness (QED) is 0.499. The second kappa shape index (κ2) is 8.39. The molecule has 136 valence electrons. The molecule has 0 saturated carbocycles. The number of nitrogens with one attached hydrogen (secondary N) is 3. The molecule has 0 radical (unpaired) electrons. The maximum Gasteiger partial charge on any atom is 0.209 e. The summed E-state index contributed by atoms with van der Waals surface area (Å²) >= 11 is 0. The molecular formula is C15H24F2N4O2S. The predicted molar refractivity (Wildman–Crippen MR) is 91.5 cm³/mol. The van der Waals surface area contributed by atoms with E-state index >= 15 is 0 Å². The van der Waals surface area contributed by atoms with Gasteiger partial charge in [0.15, 0.2) is 5.96 Å². The molecule has 24 heavy (non-hydrogen) atoms. The minimum Gasteiger partial charge on any atom is -0.356 e. The van der Waals surface area contributed by atoms with Crippen LogP contribution >= 0.6 is 0 Å². The van der Waals surface area contributed by atoms with E-state index in [0.29, 0.717) is 19.0 Å². The zero-order valence-corrected chi connectivity index (χ0v) is 15.1. The van der Waals surface area contributed by atoms with Gasteiger partial charge in [-0.25, -0.2) is 21.9 Å². The topological polar surface area (TPSA) is 82.6 Å². The second-order valence-electron chi connectivity index (χ2n) is 6.10. The third-order valence-corrected chi connectivity index (χ3v) is 4.00. The molecule has 1 aromatic carbocycles. The Labute approximate surface area is 141 Å². The molecule has 9 heteroatoms. The van der Waals surface area contributed by atoms with Crippen molar-refractivity contribution in [1.29, 1.82) is 0 Å². The number of sulfonamides is 1. The van der Waals surface area contributed by atoms with E-state index in [0.717, 1.165) is 24.5 Å². The van der Waals surface area contributed by atoms with Crippen molar-refractivity contribution in [2.24, 2.45) is 4.99 Å². The molecular weight excluding hydrogens is 338 g/mol. The zero-order valence-electron chi connectivity index (χ0n) is 14.3. The summed E-state index contributed by atoms with van der Waals surface area (Å²) in [6.45, 7) is 4.11. The van der Waals surface area contributed by atoms with Gasteiger partial charge >= 0.3 is 0 Å². The van der Waals surface area contributed by atoms with E-state index < -0.39 is 27.2 Å². The van der Waals surface area contributed by atoms with Gasteiger partial charge in [0.1, 0.15) is 11.6 Å². The van der Waals surface area contributed by atoms with Crippen LogP contribution in [-0.2, 0) is 16.4 Å². The van der Waals surface area contributed by atoms with Crippen molar-refractivity contribution in [2.75, 3.05) is 26.4 Å². The van der Waals surface area contributed by atoms with Gasteiger partial charge in [0.25, 0.3) is 0 Å². The normalized spacial score (nSPS) is 13.0. The lowest BCUT2D eigenvalue weighted by Gasteiger charge is -2.26. The van der Waals surface area contributed by atoms with Gasteiger partial charge < -0.3 is 10.6 Å². The lowest BCUT2D eigenvalue weighted by Crippen LogP contribution is -2.53. The van der Waals surface area contributed by atoms with Gasteiger partial charge in [-0.1, -0.05) is 0 Å². The van der Waals surface area contributed by atoms with Crippen LogP contribution in [0.3, 0.4) is 0 Å². The lowest BCUT2D eigenvalue weighted by molar-refractivity contribution is 0.446. The molecule has 1 rings (SSSR count). The smallest absolute Gasteiger partial charge is 0.209 e. The zero-order chi connectivity index (χ0) is 18.4. The van der Waals surface area contributed by atoms with Gasteiger partial charge in [0.05, 0.1) is 6.26 Å². The Kier molecular flexibility index (Phi) is 7.09. The van der Waals surface area contributed by atoms with Gasteiger partial charge in [-0.15, -0.1) is 0 Å². The van der Waals surface area contributed by atoms with E-state index in [4.69, 9.17) is 0 Å². The highest BCUT2D eigenvalue weighted by Crippen LogP contribution is 2.09. The third-order valence-electron chi connectivity index (χ3n) is 3.08. The molecule has 3 N–H and O–H groups in total. The SMILES string of the molecule is CN=C(NCCc1cc(F)ccc1F)NCC(C)(C)NS(C)(=O)=O. The van der Waals surface area contributed by atoms with Crippen LogP contribution in [0.2, 0.25) is 0 Å². The first-order valence-corrected chi connectivity index (χ1v) is 9.29. The highest BCUT2D eigenvalue weighted by Gasteiger charge is 2.22. The second-order valence-corrected chi connectivity index (χ2v) is 7.84. The van der Waals surface area contributed by atoms with E-state index in [1.807, 2.05) is 0 Å². The van der Waals surface area contributed by atoms with Gasteiger partial charge in [0.2, 0.25) is 10.0 Å². The van der Waals surface area contributed by atoms with Crippen LogP contribution in [0.5, 0.6) is 0 Å². The van der Waals surface area contributed by atoms with E-state index in [1.165, 1.54) is 0 Å². The monoisotopic (exact) mass is 362 g/mol. The predicted octanol–water partition coefficient (Wildman–Crippen LogP) is 1.00. The fourth-order valence-electron chi connectivity index (χ4n) is 2.11. The maximum absolute atomic E-state index is 13.5. The number of benzene rings is 1. The minimum atomic E-state index is -3.33. The maximum atomic E-state index is 13.5. The number of guanidine groups is 1. The van der Waals surface area contributed by atoms with Crippen molar-refractivity contribution in [3.8, 4) is 0 Å². The lowest BCUT2D eigenvalue weighted by atomic mass is 10.1. The highest BCUT2D eigenvalue weighted by atomic mass is 32.2. The molecule has 0 unspecified atom stereocenters. The number of rotatable bonds is 7. The Bertz CT molecular complexity index is 691. The van der Waals surface area contributed by atoms with E-state index in [-0.39, 0.29) is 12.0 Å². The van der Waals surface area contributed by atoms with Crippen LogP contribution in [0, 0.1) is 11.6 Å². The van der Waals surface area contributed by atoms with Crippen molar-refractivity contribution in [3.63, 3.8) is 0 Å². The van der Waals surface area contributed by atoms with Crippen molar-refractivity contribution >= 4 is 16.0 Å². The fourth-order valence-corrected chi connectivity index (χ4v) is 3.19. The molecule has 0 aliphatic rings. The van der Waals surface area contributed by atoms with Crippen LogP contribution in [0.25, 0.3) is 0 Å². The van der Waals surface area contributed by atoms with Crippen molar-refractivity contribution in [1.82, 2.24) is 15.4 Å². The van der Waals surface area contributed by atoms with Crippen LogP contribution in [0.4, 0.5) is 8.78 Å². The summed E-state index contributed by atoms with van der Waals surface area (Å²) in [5.74, 6) is -0.502. The van der Waals surface area contributed by atoms with Gasteiger partial charge in [0, 0.05) is 25.7 Å². The summed E-state index contributed by atoms with van der Waals surface area (Å²) in [6.07, 6.45) is 1.38. The molecule has 1 aromatic rings. The molecule has 0 aromatic heterocycles. The first-order chi connectivity index (χ1) is 11.0. The number of halogens is 2. The Balaban J connectivity index is 2.50. The summed E-state index contributed by atoms with van der Waals surface area (Å²) in [4.78, 5) is 4.01. The average Bonchev–Trinajstić information content (AvgIpc) is 2.43. The van der Waals surface area contributed by atoms with Gasteiger partial charge in [-0.05, 0) is 44.0 Å². The summed E-state index contributed by atoms with van der Waals surface area (Å²) in [5, 5.41) is 5.96. The number of nitrogens with zero attached hydrogens (tertiary/aromatic N) is 1. The van der Waals surface area contributed by atoms with E-state index in [9.17, 15) is 17.2 Å². The molecule has 0 amide bonds. The Morgan fingerprint density at radius 1 is 1.25 bits per heavy atom. The van der Waals surface area contributed by atoms with Crippen LogP contribution in [0.1, 0.15) is 19.4 Å². The molecule has 0 heterocycles. The first-order valence-electron chi connectivity index (χ1n) is 7.40. The third kappa shape index (κ3) is 7.69. The summed E-state index contributed by atoms with van der Waals surface area (Å²) in [7, 11) is -1.76. The summed E-state index contributed by atoms with van der Waals surface area (Å²) in [6, 6.07) is 3.33. The standard InChI is InChI=1S/C15H24F2N4O2S/c1-15(2,21-24(4,22)23)10-20-14(18-3)19-8-7-11-9-12(16)5-6-13(11)17/h5-6,9,21H,7-8,10H2,1-4H3,(H2,18,19,20). The first kappa shape index (κ1) is 20.3. The molecule has 0 saturated heterocycles. The largest absolute Gasteiger partial charge is 0.356 e. The van der Waals surface area contributed by atoms with E-state index in [2.05, 4.69) is 20.3 Å². The minimum absolute atomic E-state index is 0.275. The number of hydrogen-bond acceptors (Lipinski definition) is 3. The molecule has 0 aliphatic carbocycles. The van der Waals surface area contributed by atoms with Gasteiger partial charge in [-0.3, -0.25) is 4.99 Å². The highest BCUT2D eigenvalue weighted by molar-refractivity contribution is 7.88.